The Morgan fingerprint density at radius 3 is 1.57 bits per heavy atom. The third-order valence-electron chi connectivity index (χ3n) is 4.58. The van der Waals surface area contributed by atoms with Crippen molar-refractivity contribution in [3.63, 3.8) is 0 Å². The summed E-state index contributed by atoms with van der Waals surface area (Å²) in [5, 5.41) is 3.40. The van der Waals surface area contributed by atoms with Crippen molar-refractivity contribution in [2.24, 2.45) is 0 Å². The summed E-state index contributed by atoms with van der Waals surface area (Å²) in [6.45, 7) is 6.58. The van der Waals surface area contributed by atoms with Gasteiger partial charge in [0.25, 0.3) is 0 Å². The Labute approximate surface area is 146 Å². The smallest absolute Gasteiger partial charge is 0.132 e. The zero-order chi connectivity index (χ0) is 17.0. The first-order valence-electron chi connectivity index (χ1n) is 10.5. The van der Waals surface area contributed by atoms with Crippen LogP contribution in [0.5, 0.6) is 0 Å². The van der Waals surface area contributed by atoms with E-state index >= 15 is 0 Å². The van der Waals surface area contributed by atoms with Crippen LogP contribution in [0.3, 0.4) is 0 Å². The molecule has 0 spiro atoms. The summed E-state index contributed by atoms with van der Waals surface area (Å²) in [6, 6.07) is 0. The van der Waals surface area contributed by atoms with Crippen molar-refractivity contribution >= 4 is 5.78 Å². The van der Waals surface area contributed by atoms with Crippen LogP contribution < -0.4 is 5.32 Å². The maximum absolute atomic E-state index is 11.8. The van der Waals surface area contributed by atoms with Crippen LogP contribution in [0.15, 0.2) is 0 Å². The van der Waals surface area contributed by atoms with Crippen molar-refractivity contribution in [1.29, 1.82) is 0 Å². The predicted octanol–water partition coefficient (Wildman–Crippen LogP) is 6.43. The molecule has 1 N–H and O–H groups in total. The van der Waals surface area contributed by atoms with E-state index in [1.165, 1.54) is 77.0 Å². The fourth-order valence-electron chi connectivity index (χ4n) is 2.95. The Kier molecular flexibility index (Phi) is 19.4. The number of hydrogen-bond donors (Lipinski definition) is 1. The zero-order valence-corrected chi connectivity index (χ0v) is 16.1. The van der Waals surface area contributed by atoms with Crippen LogP contribution >= 0.6 is 0 Å². The molecule has 2 nitrogen and oxygen atoms in total. The SMILES string of the molecule is CCCCCCCCCCCCCC(=O)CCCNCCCC. The Bertz CT molecular complexity index is 240. The van der Waals surface area contributed by atoms with Crippen molar-refractivity contribution < 1.29 is 4.79 Å². The normalized spacial score (nSPS) is 11.0. The molecule has 0 aromatic carbocycles. The average molecular weight is 326 g/mol. The van der Waals surface area contributed by atoms with E-state index in [-0.39, 0.29) is 0 Å². The first-order valence-corrected chi connectivity index (χ1v) is 10.5. The Balaban J connectivity index is 3.11. The number of carbonyl (C=O) groups is 1. The summed E-state index contributed by atoms with van der Waals surface area (Å²) in [6.07, 6.45) is 19.9. The van der Waals surface area contributed by atoms with Gasteiger partial charge in [-0.15, -0.1) is 0 Å². The summed E-state index contributed by atoms with van der Waals surface area (Å²) in [4.78, 5) is 11.8. The molecule has 0 unspecified atom stereocenters. The van der Waals surface area contributed by atoms with Gasteiger partial charge < -0.3 is 5.32 Å². The van der Waals surface area contributed by atoms with Crippen LogP contribution in [0.1, 0.15) is 117 Å². The molecule has 0 atom stereocenters. The number of Topliss-reactive ketones (excluding diaryl/α,β-unsaturated/α-hetero) is 1. The number of rotatable bonds is 19. The molecule has 0 radical (unpaired) electrons. The molecule has 0 fully saturated rings. The fraction of sp³-hybridized carbons (Fsp3) is 0.952. The van der Waals surface area contributed by atoms with E-state index in [4.69, 9.17) is 0 Å². The zero-order valence-electron chi connectivity index (χ0n) is 16.1. The maximum atomic E-state index is 11.8. The summed E-state index contributed by atoms with van der Waals surface area (Å²) in [5.74, 6) is 0.471. The molecular weight excluding hydrogens is 282 g/mol. The number of hydrogen-bond acceptors (Lipinski definition) is 2. The summed E-state index contributed by atoms with van der Waals surface area (Å²) in [7, 11) is 0. The van der Waals surface area contributed by atoms with Gasteiger partial charge in [0.15, 0.2) is 0 Å². The van der Waals surface area contributed by atoms with Gasteiger partial charge in [0.2, 0.25) is 0 Å². The Morgan fingerprint density at radius 1 is 0.565 bits per heavy atom. The number of ketones is 1. The highest BCUT2D eigenvalue weighted by Gasteiger charge is 2.01. The molecule has 23 heavy (non-hydrogen) atoms. The van der Waals surface area contributed by atoms with Crippen LogP contribution in [-0.2, 0) is 4.79 Å². The average Bonchev–Trinajstić information content (AvgIpc) is 2.56. The topological polar surface area (TPSA) is 29.1 Å². The van der Waals surface area contributed by atoms with E-state index in [0.717, 1.165) is 38.8 Å². The molecule has 0 rings (SSSR count). The van der Waals surface area contributed by atoms with Crippen molar-refractivity contribution in [2.45, 2.75) is 117 Å². The lowest BCUT2D eigenvalue weighted by Crippen LogP contribution is -2.17. The molecular formula is C21H43NO. The van der Waals surface area contributed by atoms with Crippen molar-refractivity contribution in [2.75, 3.05) is 13.1 Å². The second-order valence-corrected chi connectivity index (χ2v) is 7.03. The molecule has 0 bridgehead atoms. The third-order valence-corrected chi connectivity index (χ3v) is 4.58. The van der Waals surface area contributed by atoms with E-state index < -0.39 is 0 Å². The minimum absolute atomic E-state index is 0.471. The highest BCUT2D eigenvalue weighted by molar-refractivity contribution is 5.78. The lowest BCUT2D eigenvalue weighted by Gasteiger charge is -2.04. The van der Waals surface area contributed by atoms with Crippen molar-refractivity contribution in [3.05, 3.63) is 0 Å². The molecule has 0 saturated carbocycles. The molecule has 0 aliphatic carbocycles. The molecule has 2 heteroatoms. The van der Waals surface area contributed by atoms with E-state index in [1.807, 2.05) is 0 Å². The van der Waals surface area contributed by atoms with Gasteiger partial charge in [-0.1, -0.05) is 84.5 Å². The van der Waals surface area contributed by atoms with Gasteiger partial charge >= 0.3 is 0 Å². The fourth-order valence-corrected chi connectivity index (χ4v) is 2.95. The molecule has 0 aromatic rings. The maximum Gasteiger partial charge on any atom is 0.132 e. The van der Waals surface area contributed by atoms with Gasteiger partial charge in [-0.25, -0.2) is 0 Å². The summed E-state index contributed by atoms with van der Waals surface area (Å²) < 4.78 is 0. The Morgan fingerprint density at radius 2 is 1.00 bits per heavy atom. The lowest BCUT2D eigenvalue weighted by atomic mass is 10.0. The quantitative estimate of drug-likeness (QED) is 0.277. The van der Waals surface area contributed by atoms with Crippen LogP contribution in [-0.4, -0.2) is 18.9 Å². The lowest BCUT2D eigenvalue weighted by molar-refractivity contribution is -0.119. The van der Waals surface area contributed by atoms with E-state index in [2.05, 4.69) is 19.2 Å². The molecule has 0 heterocycles. The summed E-state index contributed by atoms with van der Waals surface area (Å²) in [5.41, 5.74) is 0. The van der Waals surface area contributed by atoms with Gasteiger partial charge in [-0.2, -0.15) is 0 Å². The number of nitrogens with one attached hydrogen (secondary N) is 1. The van der Waals surface area contributed by atoms with Crippen LogP contribution in [0.25, 0.3) is 0 Å². The van der Waals surface area contributed by atoms with Gasteiger partial charge in [0, 0.05) is 12.8 Å². The van der Waals surface area contributed by atoms with Crippen molar-refractivity contribution in [1.82, 2.24) is 5.32 Å². The van der Waals surface area contributed by atoms with E-state index in [9.17, 15) is 4.79 Å². The highest BCUT2D eigenvalue weighted by Crippen LogP contribution is 2.12. The Hall–Kier alpha value is -0.370. The molecule has 0 aliphatic rings. The van der Waals surface area contributed by atoms with Crippen LogP contribution in [0.4, 0.5) is 0 Å². The number of carbonyl (C=O) groups excluding carboxylic acids is 1. The monoisotopic (exact) mass is 325 g/mol. The van der Waals surface area contributed by atoms with Crippen molar-refractivity contribution in [3.8, 4) is 0 Å². The van der Waals surface area contributed by atoms with Gasteiger partial charge in [-0.05, 0) is 32.4 Å². The van der Waals surface area contributed by atoms with E-state index in [1.54, 1.807) is 0 Å². The second kappa shape index (κ2) is 19.7. The highest BCUT2D eigenvalue weighted by atomic mass is 16.1. The molecule has 0 aromatic heterocycles. The second-order valence-electron chi connectivity index (χ2n) is 7.03. The minimum Gasteiger partial charge on any atom is -0.317 e. The molecule has 138 valence electrons. The minimum atomic E-state index is 0.471. The summed E-state index contributed by atoms with van der Waals surface area (Å²) >= 11 is 0. The first-order chi connectivity index (χ1) is 11.3. The third kappa shape index (κ3) is 19.6. The number of unbranched alkanes of at least 4 members (excludes halogenated alkanes) is 11. The van der Waals surface area contributed by atoms with Gasteiger partial charge in [0.1, 0.15) is 5.78 Å². The molecule has 0 aliphatic heterocycles. The van der Waals surface area contributed by atoms with Gasteiger partial charge in [-0.3, -0.25) is 4.79 Å². The van der Waals surface area contributed by atoms with Crippen LogP contribution in [0, 0.1) is 0 Å². The van der Waals surface area contributed by atoms with E-state index in [0.29, 0.717) is 5.78 Å². The standard InChI is InChI=1S/C21H43NO/c1-3-5-7-8-9-10-11-12-13-14-15-17-21(23)18-16-20-22-19-6-4-2/h22H,3-20H2,1-2H3. The molecule has 0 amide bonds. The van der Waals surface area contributed by atoms with Gasteiger partial charge in [0.05, 0.1) is 0 Å². The predicted molar refractivity (Wildman–Crippen MR) is 103 cm³/mol. The largest absolute Gasteiger partial charge is 0.317 e. The molecule has 0 saturated heterocycles. The van der Waals surface area contributed by atoms with Crippen LogP contribution in [0.2, 0.25) is 0 Å². The first kappa shape index (κ1) is 22.6.